The normalized spacial score (nSPS) is 10.4. The number of carbonyl (C=O) groups excluding carboxylic acids is 1. The molecule has 2 N–H and O–H groups in total. The third-order valence-corrected chi connectivity index (χ3v) is 4.06. The Kier molecular flexibility index (Phi) is 6.70. The van der Waals surface area contributed by atoms with E-state index in [1.54, 1.807) is 12.3 Å². The maximum atomic E-state index is 13.8. The van der Waals surface area contributed by atoms with E-state index in [1.165, 1.54) is 25.4 Å². The molecule has 1 amide bonds. The summed E-state index contributed by atoms with van der Waals surface area (Å²) in [6.45, 7) is 2.58. The first-order chi connectivity index (χ1) is 14.1. The van der Waals surface area contributed by atoms with Crippen LogP contribution in [0.5, 0.6) is 11.5 Å². The zero-order chi connectivity index (χ0) is 20.6. The molecular formula is C21H21FN4O3. The van der Waals surface area contributed by atoms with E-state index in [4.69, 9.17) is 9.47 Å². The largest absolute Gasteiger partial charge is 0.497 e. The Morgan fingerprint density at radius 1 is 1.10 bits per heavy atom. The number of hydrogen-bond acceptors (Lipinski definition) is 6. The van der Waals surface area contributed by atoms with Gasteiger partial charge in [0, 0.05) is 17.7 Å². The summed E-state index contributed by atoms with van der Waals surface area (Å²) in [6.07, 6.45) is 2.94. The molecule has 2 aromatic carbocycles. The zero-order valence-corrected chi connectivity index (χ0v) is 16.1. The second-order valence-corrected chi connectivity index (χ2v) is 6.01. The summed E-state index contributed by atoms with van der Waals surface area (Å²) in [5.41, 5.74) is 7.05. The summed E-state index contributed by atoms with van der Waals surface area (Å²) < 4.78 is 24.3. The highest BCUT2D eigenvalue weighted by atomic mass is 19.1. The SMILES string of the molecule is CCOc1ccc(-c2cncc(C(=O)NNCc3cc(OC)ccc3F)n2)cc1. The molecule has 0 atom stereocenters. The monoisotopic (exact) mass is 396 g/mol. The summed E-state index contributed by atoms with van der Waals surface area (Å²) in [5, 5.41) is 0. The maximum Gasteiger partial charge on any atom is 0.285 e. The molecule has 8 heteroatoms. The minimum absolute atomic E-state index is 0.0841. The first-order valence-corrected chi connectivity index (χ1v) is 9.01. The van der Waals surface area contributed by atoms with Crippen molar-refractivity contribution < 1.29 is 18.7 Å². The summed E-state index contributed by atoms with van der Waals surface area (Å²) in [7, 11) is 1.50. The van der Waals surface area contributed by atoms with Gasteiger partial charge in [0.15, 0.2) is 0 Å². The molecule has 1 heterocycles. The Morgan fingerprint density at radius 2 is 1.86 bits per heavy atom. The highest BCUT2D eigenvalue weighted by molar-refractivity contribution is 5.92. The van der Waals surface area contributed by atoms with Crippen LogP contribution in [0.3, 0.4) is 0 Å². The van der Waals surface area contributed by atoms with E-state index in [9.17, 15) is 9.18 Å². The van der Waals surface area contributed by atoms with Gasteiger partial charge >= 0.3 is 0 Å². The molecule has 0 fully saturated rings. The lowest BCUT2D eigenvalue weighted by atomic mass is 10.1. The first kappa shape index (κ1) is 20.2. The summed E-state index contributed by atoms with van der Waals surface area (Å²) in [5.74, 6) is 0.411. The number of methoxy groups -OCH3 is 1. The Labute approximate surface area is 167 Å². The number of aromatic nitrogens is 2. The average molecular weight is 396 g/mol. The van der Waals surface area contributed by atoms with Crippen molar-refractivity contribution in [1.29, 1.82) is 0 Å². The number of rotatable bonds is 8. The fourth-order valence-corrected chi connectivity index (χ4v) is 2.60. The van der Waals surface area contributed by atoms with Gasteiger partial charge in [0.25, 0.3) is 5.91 Å². The van der Waals surface area contributed by atoms with Crippen LogP contribution in [0.4, 0.5) is 4.39 Å². The maximum absolute atomic E-state index is 13.8. The smallest absolute Gasteiger partial charge is 0.285 e. The number of hydrazine groups is 1. The van der Waals surface area contributed by atoms with Crippen LogP contribution in [-0.4, -0.2) is 29.6 Å². The molecule has 0 aliphatic carbocycles. The number of nitrogens with one attached hydrogen (secondary N) is 2. The lowest BCUT2D eigenvalue weighted by Crippen LogP contribution is -2.37. The van der Waals surface area contributed by atoms with Crippen molar-refractivity contribution in [3.8, 4) is 22.8 Å². The van der Waals surface area contributed by atoms with E-state index in [0.717, 1.165) is 11.3 Å². The fourth-order valence-electron chi connectivity index (χ4n) is 2.60. The number of ether oxygens (including phenoxy) is 2. The summed E-state index contributed by atoms with van der Waals surface area (Å²) in [4.78, 5) is 20.8. The lowest BCUT2D eigenvalue weighted by Gasteiger charge is -2.10. The summed E-state index contributed by atoms with van der Waals surface area (Å²) in [6, 6.07) is 11.7. The van der Waals surface area contributed by atoms with Crippen molar-refractivity contribution in [2.45, 2.75) is 13.5 Å². The van der Waals surface area contributed by atoms with Crippen LogP contribution < -0.4 is 20.3 Å². The molecule has 0 bridgehead atoms. The van der Waals surface area contributed by atoms with Crippen LogP contribution in [0.25, 0.3) is 11.3 Å². The molecular weight excluding hydrogens is 375 g/mol. The average Bonchev–Trinajstić information content (AvgIpc) is 2.76. The van der Waals surface area contributed by atoms with Crippen LogP contribution >= 0.6 is 0 Å². The van der Waals surface area contributed by atoms with Gasteiger partial charge in [0.1, 0.15) is 23.0 Å². The van der Waals surface area contributed by atoms with Gasteiger partial charge in [0.05, 0.1) is 31.8 Å². The van der Waals surface area contributed by atoms with Crippen LogP contribution in [-0.2, 0) is 6.54 Å². The Hall–Kier alpha value is -3.52. The molecule has 29 heavy (non-hydrogen) atoms. The van der Waals surface area contributed by atoms with Crippen molar-refractivity contribution in [3.63, 3.8) is 0 Å². The van der Waals surface area contributed by atoms with Crippen molar-refractivity contribution in [1.82, 2.24) is 20.8 Å². The number of hydrogen-bond donors (Lipinski definition) is 2. The van der Waals surface area contributed by atoms with E-state index in [-0.39, 0.29) is 12.2 Å². The van der Waals surface area contributed by atoms with Crippen LogP contribution in [0, 0.1) is 5.82 Å². The van der Waals surface area contributed by atoms with Gasteiger partial charge in [-0.3, -0.25) is 15.2 Å². The lowest BCUT2D eigenvalue weighted by molar-refractivity contribution is 0.0926. The topological polar surface area (TPSA) is 85.4 Å². The van der Waals surface area contributed by atoms with E-state index in [2.05, 4.69) is 20.8 Å². The van der Waals surface area contributed by atoms with Crippen molar-refractivity contribution in [3.05, 3.63) is 71.9 Å². The molecule has 3 rings (SSSR count). The van der Waals surface area contributed by atoms with E-state index in [1.807, 2.05) is 31.2 Å². The van der Waals surface area contributed by atoms with Crippen LogP contribution in [0.15, 0.2) is 54.9 Å². The van der Waals surface area contributed by atoms with Gasteiger partial charge in [-0.25, -0.2) is 14.8 Å². The minimum Gasteiger partial charge on any atom is -0.497 e. The number of amides is 1. The van der Waals surface area contributed by atoms with E-state index >= 15 is 0 Å². The van der Waals surface area contributed by atoms with Crippen molar-refractivity contribution in [2.24, 2.45) is 0 Å². The molecule has 0 radical (unpaired) electrons. The molecule has 3 aromatic rings. The number of benzene rings is 2. The second kappa shape index (κ2) is 9.61. The molecule has 150 valence electrons. The summed E-state index contributed by atoms with van der Waals surface area (Å²) >= 11 is 0. The van der Waals surface area contributed by atoms with E-state index in [0.29, 0.717) is 23.6 Å². The second-order valence-electron chi connectivity index (χ2n) is 6.01. The van der Waals surface area contributed by atoms with Crippen LogP contribution in [0.2, 0.25) is 0 Å². The molecule has 1 aromatic heterocycles. The third kappa shape index (κ3) is 5.26. The van der Waals surface area contributed by atoms with Gasteiger partial charge in [-0.2, -0.15) is 0 Å². The highest BCUT2D eigenvalue weighted by Crippen LogP contribution is 2.20. The predicted octanol–water partition coefficient (Wildman–Crippen LogP) is 3.12. The van der Waals surface area contributed by atoms with Gasteiger partial charge in [-0.05, 0) is 49.4 Å². The predicted molar refractivity (Wildman–Crippen MR) is 106 cm³/mol. The zero-order valence-electron chi connectivity index (χ0n) is 16.1. The molecule has 0 unspecified atom stereocenters. The van der Waals surface area contributed by atoms with Crippen molar-refractivity contribution >= 4 is 5.91 Å². The van der Waals surface area contributed by atoms with Crippen molar-refractivity contribution in [2.75, 3.05) is 13.7 Å². The standard InChI is InChI=1S/C21H21FN4O3/c1-3-29-16-6-4-14(5-7-16)19-12-23-13-20(25-19)21(27)26-24-11-15-10-17(28-2)8-9-18(15)22/h4-10,12-13,24H,3,11H2,1-2H3,(H,26,27). The Bertz CT molecular complexity index is 980. The Morgan fingerprint density at radius 3 is 2.59 bits per heavy atom. The number of nitrogens with zero attached hydrogens (tertiary/aromatic N) is 2. The number of carbonyl (C=O) groups is 1. The van der Waals surface area contributed by atoms with Gasteiger partial charge in [-0.15, -0.1) is 0 Å². The highest BCUT2D eigenvalue weighted by Gasteiger charge is 2.11. The van der Waals surface area contributed by atoms with E-state index < -0.39 is 11.7 Å². The molecule has 0 aliphatic rings. The third-order valence-electron chi connectivity index (χ3n) is 4.06. The molecule has 7 nitrogen and oxygen atoms in total. The fraction of sp³-hybridized carbons (Fsp3) is 0.190. The molecule has 0 saturated carbocycles. The molecule has 0 aliphatic heterocycles. The van der Waals surface area contributed by atoms with Gasteiger partial charge < -0.3 is 9.47 Å². The van der Waals surface area contributed by atoms with Crippen LogP contribution in [0.1, 0.15) is 23.0 Å². The van der Waals surface area contributed by atoms with Gasteiger partial charge in [0.2, 0.25) is 0 Å². The number of halogens is 1. The first-order valence-electron chi connectivity index (χ1n) is 9.01. The molecule has 0 saturated heterocycles. The Balaban J connectivity index is 1.63. The molecule has 0 spiro atoms. The minimum atomic E-state index is -0.478. The van der Waals surface area contributed by atoms with Gasteiger partial charge in [-0.1, -0.05) is 0 Å². The quantitative estimate of drug-likeness (QED) is 0.569.